The SMILES string of the molecule is C=C(C)COc1ccc(CC2(O)CC2)cc1Br. The first-order valence-electron chi connectivity index (χ1n) is 5.76. The molecule has 1 aliphatic rings. The van der Waals surface area contributed by atoms with Gasteiger partial charge in [-0.3, -0.25) is 0 Å². The van der Waals surface area contributed by atoms with Gasteiger partial charge in [-0.1, -0.05) is 12.6 Å². The highest BCUT2D eigenvalue weighted by atomic mass is 79.9. The van der Waals surface area contributed by atoms with E-state index < -0.39 is 5.60 Å². The van der Waals surface area contributed by atoms with E-state index in [1.54, 1.807) is 0 Å². The van der Waals surface area contributed by atoms with Gasteiger partial charge in [0.1, 0.15) is 12.4 Å². The maximum atomic E-state index is 9.86. The van der Waals surface area contributed by atoms with Crippen molar-refractivity contribution in [2.75, 3.05) is 6.61 Å². The van der Waals surface area contributed by atoms with Crippen LogP contribution in [0.2, 0.25) is 0 Å². The van der Waals surface area contributed by atoms with Gasteiger partial charge in [-0.15, -0.1) is 0 Å². The predicted octanol–water partition coefficient (Wildman–Crippen LogP) is 3.47. The Bertz CT molecular complexity index is 436. The van der Waals surface area contributed by atoms with Gasteiger partial charge in [0, 0.05) is 6.42 Å². The van der Waals surface area contributed by atoms with Crippen LogP contribution in [0.15, 0.2) is 34.8 Å². The van der Waals surface area contributed by atoms with Crippen molar-refractivity contribution in [3.63, 3.8) is 0 Å². The van der Waals surface area contributed by atoms with Crippen LogP contribution in [0.1, 0.15) is 25.3 Å². The van der Waals surface area contributed by atoms with Gasteiger partial charge < -0.3 is 9.84 Å². The Kier molecular flexibility index (Phi) is 3.59. The third-order valence-corrected chi connectivity index (χ3v) is 3.45. The molecule has 0 aliphatic heterocycles. The Morgan fingerprint density at radius 1 is 1.53 bits per heavy atom. The average molecular weight is 297 g/mol. The number of ether oxygens (including phenoxy) is 1. The molecule has 92 valence electrons. The highest BCUT2D eigenvalue weighted by molar-refractivity contribution is 9.10. The van der Waals surface area contributed by atoms with Gasteiger partial charge in [0.05, 0.1) is 10.1 Å². The van der Waals surface area contributed by atoms with E-state index in [2.05, 4.69) is 22.5 Å². The lowest BCUT2D eigenvalue weighted by atomic mass is 10.1. The molecule has 0 spiro atoms. The van der Waals surface area contributed by atoms with E-state index in [9.17, 15) is 5.11 Å². The van der Waals surface area contributed by atoms with Crippen molar-refractivity contribution < 1.29 is 9.84 Å². The summed E-state index contributed by atoms with van der Waals surface area (Å²) < 4.78 is 6.52. The van der Waals surface area contributed by atoms with Crippen LogP contribution in [0, 0.1) is 0 Å². The fourth-order valence-corrected chi connectivity index (χ4v) is 2.21. The molecule has 1 fully saturated rings. The van der Waals surface area contributed by atoms with Crippen LogP contribution in [0.3, 0.4) is 0 Å². The zero-order valence-electron chi connectivity index (χ0n) is 10.0. The van der Waals surface area contributed by atoms with Gasteiger partial charge in [0.25, 0.3) is 0 Å². The number of hydrogen-bond donors (Lipinski definition) is 1. The maximum absolute atomic E-state index is 9.86. The summed E-state index contributed by atoms with van der Waals surface area (Å²) in [5.41, 5.74) is 1.69. The molecule has 0 unspecified atom stereocenters. The molecule has 0 atom stereocenters. The van der Waals surface area contributed by atoms with Crippen LogP contribution in [-0.2, 0) is 6.42 Å². The minimum Gasteiger partial charge on any atom is -0.488 e. The van der Waals surface area contributed by atoms with E-state index >= 15 is 0 Å². The van der Waals surface area contributed by atoms with Gasteiger partial charge in [0.2, 0.25) is 0 Å². The molecule has 1 saturated carbocycles. The van der Waals surface area contributed by atoms with Crippen molar-refractivity contribution in [3.8, 4) is 5.75 Å². The fourth-order valence-electron chi connectivity index (χ4n) is 1.67. The normalized spacial score (nSPS) is 16.6. The lowest BCUT2D eigenvalue weighted by molar-refractivity contribution is 0.151. The third kappa shape index (κ3) is 3.58. The van der Waals surface area contributed by atoms with Crippen LogP contribution < -0.4 is 4.74 Å². The second kappa shape index (κ2) is 4.83. The zero-order chi connectivity index (χ0) is 12.5. The first-order valence-corrected chi connectivity index (χ1v) is 6.56. The van der Waals surface area contributed by atoms with E-state index in [4.69, 9.17) is 4.74 Å². The molecule has 17 heavy (non-hydrogen) atoms. The second-order valence-electron chi connectivity index (χ2n) is 4.91. The summed E-state index contributed by atoms with van der Waals surface area (Å²) in [6.45, 7) is 6.27. The van der Waals surface area contributed by atoms with E-state index in [0.29, 0.717) is 6.61 Å². The summed E-state index contributed by atoms with van der Waals surface area (Å²) >= 11 is 3.49. The summed E-state index contributed by atoms with van der Waals surface area (Å²) in [4.78, 5) is 0. The van der Waals surface area contributed by atoms with Crippen molar-refractivity contribution in [2.24, 2.45) is 0 Å². The number of hydrogen-bond acceptors (Lipinski definition) is 2. The Labute approximate surface area is 110 Å². The molecular weight excluding hydrogens is 280 g/mol. The standard InChI is InChI=1S/C14H17BrO2/c1-10(2)9-17-13-4-3-11(7-12(13)15)8-14(16)5-6-14/h3-4,7,16H,1,5-6,8-9H2,2H3. The number of aliphatic hydroxyl groups is 1. The summed E-state index contributed by atoms with van der Waals surface area (Å²) in [7, 11) is 0. The van der Waals surface area contributed by atoms with Gasteiger partial charge in [0.15, 0.2) is 0 Å². The Balaban J connectivity index is 2.03. The fraction of sp³-hybridized carbons (Fsp3) is 0.429. The van der Waals surface area contributed by atoms with Gasteiger partial charge in [-0.05, 0) is 59.0 Å². The highest BCUT2D eigenvalue weighted by Crippen LogP contribution is 2.39. The number of rotatable bonds is 5. The smallest absolute Gasteiger partial charge is 0.133 e. The molecule has 2 rings (SSSR count). The van der Waals surface area contributed by atoms with E-state index in [1.165, 1.54) is 0 Å². The minimum absolute atomic E-state index is 0.445. The minimum atomic E-state index is -0.445. The van der Waals surface area contributed by atoms with E-state index in [1.807, 2.05) is 25.1 Å². The summed E-state index contributed by atoms with van der Waals surface area (Å²) in [5.74, 6) is 0.819. The van der Waals surface area contributed by atoms with Crippen molar-refractivity contribution >= 4 is 15.9 Å². The maximum Gasteiger partial charge on any atom is 0.133 e. The lowest BCUT2D eigenvalue weighted by Gasteiger charge is -2.11. The summed E-state index contributed by atoms with van der Waals surface area (Å²) in [6, 6.07) is 5.97. The van der Waals surface area contributed by atoms with Crippen LogP contribution in [0.4, 0.5) is 0 Å². The van der Waals surface area contributed by atoms with E-state index in [-0.39, 0.29) is 0 Å². The summed E-state index contributed by atoms with van der Waals surface area (Å²) in [6.07, 6.45) is 2.56. The molecule has 1 aliphatic carbocycles. The van der Waals surface area contributed by atoms with Crippen LogP contribution in [0.5, 0.6) is 5.75 Å². The van der Waals surface area contributed by atoms with Gasteiger partial charge in [-0.25, -0.2) is 0 Å². The van der Waals surface area contributed by atoms with Crippen LogP contribution in [-0.4, -0.2) is 17.3 Å². The Hall–Kier alpha value is -0.800. The van der Waals surface area contributed by atoms with Crippen LogP contribution >= 0.6 is 15.9 Å². The van der Waals surface area contributed by atoms with E-state index in [0.717, 1.165) is 40.6 Å². The van der Waals surface area contributed by atoms with Gasteiger partial charge in [-0.2, -0.15) is 0 Å². The molecule has 0 aromatic heterocycles. The molecular formula is C14H17BrO2. The van der Waals surface area contributed by atoms with Crippen LogP contribution in [0.25, 0.3) is 0 Å². The predicted molar refractivity (Wildman–Crippen MR) is 72.3 cm³/mol. The molecule has 0 amide bonds. The van der Waals surface area contributed by atoms with Crippen molar-refractivity contribution in [1.29, 1.82) is 0 Å². The average Bonchev–Trinajstić information content (AvgIpc) is 2.94. The first kappa shape index (κ1) is 12.7. The largest absolute Gasteiger partial charge is 0.488 e. The molecule has 2 nitrogen and oxygen atoms in total. The molecule has 0 radical (unpaired) electrons. The topological polar surface area (TPSA) is 29.5 Å². The highest BCUT2D eigenvalue weighted by Gasteiger charge is 2.40. The van der Waals surface area contributed by atoms with Gasteiger partial charge >= 0.3 is 0 Å². The monoisotopic (exact) mass is 296 g/mol. The molecule has 1 aromatic carbocycles. The Morgan fingerprint density at radius 3 is 2.76 bits per heavy atom. The van der Waals surface area contributed by atoms with Crippen molar-refractivity contribution in [2.45, 2.75) is 31.8 Å². The molecule has 0 heterocycles. The van der Waals surface area contributed by atoms with Crippen molar-refractivity contribution in [3.05, 3.63) is 40.4 Å². The first-order chi connectivity index (χ1) is 7.98. The quantitative estimate of drug-likeness (QED) is 0.843. The second-order valence-corrected chi connectivity index (χ2v) is 5.77. The molecule has 0 saturated heterocycles. The number of benzene rings is 1. The molecule has 0 bridgehead atoms. The molecule has 3 heteroatoms. The zero-order valence-corrected chi connectivity index (χ0v) is 11.6. The molecule has 1 N–H and O–H groups in total. The number of halogens is 1. The lowest BCUT2D eigenvalue weighted by Crippen LogP contribution is -2.10. The summed E-state index contributed by atoms with van der Waals surface area (Å²) in [5, 5.41) is 9.86. The van der Waals surface area contributed by atoms with Crippen molar-refractivity contribution in [1.82, 2.24) is 0 Å². The molecule has 1 aromatic rings. The Morgan fingerprint density at radius 2 is 2.24 bits per heavy atom. The third-order valence-electron chi connectivity index (χ3n) is 2.83.